The van der Waals surface area contributed by atoms with E-state index >= 15 is 0 Å². The summed E-state index contributed by atoms with van der Waals surface area (Å²) in [4.78, 5) is 26.9. The molecule has 1 heterocycles. The van der Waals surface area contributed by atoms with Gasteiger partial charge in [0.15, 0.2) is 5.13 Å². The number of thiazole rings is 1. The van der Waals surface area contributed by atoms with Gasteiger partial charge in [0.2, 0.25) is 0 Å². The largest absolute Gasteiger partial charge is 0.496 e. The normalized spacial score (nSPS) is 10.6. The number of nitrogens with zero attached hydrogens (tertiary/aromatic N) is 2. The minimum Gasteiger partial charge on any atom is -0.496 e. The van der Waals surface area contributed by atoms with Crippen molar-refractivity contribution in [1.29, 1.82) is 0 Å². The number of ether oxygens (including phenoxy) is 1. The van der Waals surface area contributed by atoms with Crippen LogP contribution >= 0.6 is 22.9 Å². The summed E-state index contributed by atoms with van der Waals surface area (Å²) >= 11 is 7.14. The SMILES string of the molecule is COc1ccc(Cl)cc1C(=O)Nc1nc2cc([N+](=O)[O-])ccc2s1. The Morgan fingerprint density at radius 1 is 1.33 bits per heavy atom. The first-order chi connectivity index (χ1) is 11.5. The summed E-state index contributed by atoms with van der Waals surface area (Å²) in [5.41, 5.74) is 0.667. The number of nitrogens with one attached hydrogen (secondary N) is 1. The monoisotopic (exact) mass is 363 g/mol. The average molecular weight is 364 g/mol. The average Bonchev–Trinajstić information content (AvgIpc) is 2.95. The maximum Gasteiger partial charge on any atom is 0.271 e. The smallest absolute Gasteiger partial charge is 0.271 e. The fourth-order valence-electron chi connectivity index (χ4n) is 2.10. The zero-order chi connectivity index (χ0) is 17.3. The molecule has 122 valence electrons. The molecule has 0 aliphatic carbocycles. The van der Waals surface area contributed by atoms with Crippen molar-refractivity contribution in [2.75, 3.05) is 12.4 Å². The number of fused-ring (bicyclic) bond motifs is 1. The van der Waals surface area contributed by atoms with Crippen molar-refractivity contribution >= 4 is 49.9 Å². The van der Waals surface area contributed by atoms with Crippen LogP contribution in [-0.4, -0.2) is 22.9 Å². The summed E-state index contributed by atoms with van der Waals surface area (Å²) in [7, 11) is 1.46. The van der Waals surface area contributed by atoms with Crippen LogP contribution in [-0.2, 0) is 0 Å². The topological polar surface area (TPSA) is 94.4 Å². The Morgan fingerprint density at radius 2 is 2.12 bits per heavy atom. The van der Waals surface area contributed by atoms with E-state index in [-0.39, 0.29) is 11.3 Å². The van der Waals surface area contributed by atoms with Crippen molar-refractivity contribution in [1.82, 2.24) is 4.98 Å². The molecular weight excluding hydrogens is 354 g/mol. The Hall–Kier alpha value is -2.71. The number of nitro benzene ring substituents is 1. The number of amides is 1. The summed E-state index contributed by atoms with van der Waals surface area (Å²) < 4.78 is 5.88. The van der Waals surface area contributed by atoms with E-state index in [4.69, 9.17) is 16.3 Å². The van der Waals surface area contributed by atoms with Gasteiger partial charge < -0.3 is 4.74 Å². The molecule has 3 aromatic rings. The molecular formula is C15H10ClN3O4S. The molecule has 0 bridgehead atoms. The third-order valence-corrected chi connectivity index (χ3v) is 4.40. The van der Waals surface area contributed by atoms with Crippen LogP contribution in [0.15, 0.2) is 36.4 Å². The number of hydrogen-bond donors (Lipinski definition) is 1. The first kappa shape index (κ1) is 16.2. The van der Waals surface area contributed by atoms with Crippen LogP contribution in [0.4, 0.5) is 10.8 Å². The standard InChI is InChI=1S/C15H10ClN3O4S/c1-23-12-4-2-8(16)6-10(12)14(20)18-15-17-11-7-9(19(21)22)3-5-13(11)24-15/h2-7H,1H3,(H,17,18,20). The summed E-state index contributed by atoms with van der Waals surface area (Å²) in [6.45, 7) is 0. The van der Waals surface area contributed by atoms with E-state index in [1.54, 1.807) is 18.2 Å². The first-order valence-corrected chi connectivity index (χ1v) is 7.87. The van der Waals surface area contributed by atoms with E-state index < -0.39 is 10.8 Å². The van der Waals surface area contributed by atoms with E-state index in [1.807, 2.05) is 0 Å². The van der Waals surface area contributed by atoms with Gasteiger partial charge in [-0.25, -0.2) is 4.98 Å². The highest BCUT2D eigenvalue weighted by Crippen LogP contribution is 2.30. The van der Waals surface area contributed by atoms with Crippen molar-refractivity contribution in [3.8, 4) is 5.75 Å². The fourth-order valence-corrected chi connectivity index (χ4v) is 3.12. The highest BCUT2D eigenvalue weighted by atomic mass is 35.5. The first-order valence-electron chi connectivity index (χ1n) is 6.68. The van der Waals surface area contributed by atoms with E-state index in [9.17, 15) is 14.9 Å². The maximum atomic E-state index is 12.4. The lowest BCUT2D eigenvalue weighted by Gasteiger charge is -2.08. The van der Waals surface area contributed by atoms with Gasteiger partial charge in [-0.2, -0.15) is 0 Å². The molecule has 0 fully saturated rings. The predicted octanol–water partition coefficient (Wildman–Crippen LogP) is 4.12. The van der Waals surface area contributed by atoms with Crippen molar-refractivity contribution in [2.24, 2.45) is 0 Å². The number of anilines is 1. The third-order valence-electron chi connectivity index (χ3n) is 3.21. The Balaban J connectivity index is 1.91. The van der Waals surface area contributed by atoms with Crippen LogP contribution < -0.4 is 10.1 Å². The molecule has 1 amide bonds. The van der Waals surface area contributed by atoms with Gasteiger partial charge >= 0.3 is 0 Å². The minimum absolute atomic E-state index is 0.0535. The van der Waals surface area contributed by atoms with Gasteiger partial charge in [-0.1, -0.05) is 22.9 Å². The molecule has 1 N–H and O–H groups in total. The lowest BCUT2D eigenvalue weighted by molar-refractivity contribution is -0.384. The van der Waals surface area contributed by atoms with Crippen LogP contribution in [0, 0.1) is 10.1 Å². The van der Waals surface area contributed by atoms with E-state index in [2.05, 4.69) is 10.3 Å². The third kappa shape index (κ3) is 3.15. The van der Waals surface area contributed by atoms with Crippen LogP contribution in [0.25, 0.3) is 10.2 Å². The van der Waals surface area contributed by atoms with E-state index in [0.717, 1.165) is 4.70 Å². The molecule has 1 aromatic heterocycles. The number of carbonyl (C=O) groups is 1. The summed E-state index contributed by atoms with van der Waals surface area (Å²) in [6, 6.07) is 9.06. The quantitative estimate of drug-likeness (QED) is 0.555. The summed E-state index contributed by atoms with van der Waals surface area (Å²) in [5.74, 6) is -0.0449. The molecule has 0 radical (unpaired) electrons. The minimum atomic E-state index is -0.492. The number of benzene rings is 2. The molecule has 0 atom stereocenters. The second-order valence-corrected chi connectivity index (χ2v) is 6.19. The molecule has 24 heavy (non-hydrogen) atoms. The molecule has 7 nitrogen and oxygen atoms in total. The zero-order valence-corrected chi connectivity index (χ0v) is 13.9. The molecule has 0 spiro atoms. The maximum absolute atomic E-state index is 12.4. The highest BCUT2D eigenvalue weighted by molar-refractivity contribution is 7.22. The van der Waals surface area contributed by atoms with Gasteiger partial charge in [-0.15, -0.1) is 0 Å². The lowest BCUT2D eigenvalue weighted by Crippen LogP contribution is -2.13. The van der Waals surface area contributed by atoms with E-state index in [0.29, 0.717) is 21.4 Å². The van der Waals surface area contributed by atoms with E-state index in [1.165, 1.54) is 36.6 Å². The second-order valence-electron chi connectivity index (χ2n) is 4.73. The number of nitro groups is 1. The Morgan fingerprint density at radius 3 is 2.83 bits per heavy atom. The van der Waals surface area contributed by atoms with Gasteiger partial charge in [0, 0.05) is 17.2 Å². The van der Waals surface area contributed by atoms with Gasteiger partial charge in [0.05, 0.1) is 27.8 Å². The van der Waals surface area contributed by atoms with Crippen molar-refractivity contribution in [3.63, 3.8) is 0 Å². The molecule has 3 rings (SSSR count). The molecule has 9 heteroatoms. The number of methoxy groups -OCH3 is 1. The van der Waals surface area contributed by atoms with Gasteiger partial charge in [0.25, 0.3) is 11.6 Å². The van der Waals surface area contributed by atoms with Crippen molar-refractivity contribution < 1.29 is 14.5 Å². The van der Waals surface area contributed by atoms with Crippen LogP contribution in [0.1, 0.15) is 10.4 Å². The Kier molecular flexibility index (Phi) is 4.32. The van der Waals surface area contributed by atoms with Crippen molar-refractivity contribution in [3.05, 3.63) is 57.1 Å². The van der Waals surface area contributed by atoms with Gasteiger partial charge in [-0.3, -0.25) is 20.2 Å². The molecule has 0 unspecified atom stereocenters. The van der Waals surface area contributed by atoms with Crippen LogP contribution in [0.3, 0.4) is 0 Å². The molecule has 0 aliphatic rings. The number of non-ortho nitro benzene ring substituents is 1. The molecule has 0 saturated heterocycles. The van der Waals surface area contributed by atoms with Gasteiger partial charge in [0.1, 0.15) is 5.75 Å². The number of halogens is 1. The second kappa shape index (κ2) is 6.42. The highest BCUT2D eigenvalue weighted by Gasteiger charge is 2.16. The Bertz CT molecular complexity index is 957. The van der Waals surface area contributed by atoms with Crippen LogP contribution in [0.5, 0.6) is 5.75 Å². The molecule has 0 aliphatic heterocycles. The number of carbonyl (C=O) groups excluding carboxylic acids is 1. The summed E-state index contributed by atoms with van der Waals surface area (Å²) in [5, 5.41) is 14.2. The van der Waals surface area contributed by atoms with Crippen molar-refractivity contribution in [2.45, 2.75) is 0 Å². The van der Waals surface area contributed by atoms with Gasteiger partial charge in [-0.05, 0) is 24.3 Å². The lowest BCUT2D eigenvalue weighted by atomic mass is 10.2. The predicted molar refractivity (Wildman–Crippen MR) is 92.2 cm³/mol. The zero-order valence-electron chi connectivity index (χ0n) is 12.3. The fraction of sp³-hybridized carbons (Fsp3) is 0.0667. The Labute approximate surface area is 145 Å². The van der Waals surface area contributed by atoms with Crippen LogP contribution in [0.2, 0.25) is 5.02 Å². The molecule has 0 saturated carbocycles. The number of rotatable bonds is 4. The number of hydrogen-bond acceptors (Lipinski definition) is 6. The molecule has 2 aromatic carbocycles. The summed E-state index contributed by atoms with van der Waals surface area (Å²) in [6.07, 6.45) is 0. The number of aromatic nitrogens is 1.